The normalized spacial score (nSPS) is 10.9. The van der Waals surface area contributed by atoms with Crippen molar-refractivity contribution in [2.45, 2.75) is 39.5 Å². The van der Waals surface area contributed by atoms with E-state index in [0.29, 0.717) is 19.1 Å². The second-order valence-electron chi connectivity index (χ2n) is 5.30. The van der Waals surface area contributed by atoms with Crippen LogP contribution < -0.4 is 9.47 Å². The van der Waals surface area contributed by atoms with E-state index in [4.69, 9.17) is 26.3 Å². The fourth-order valence-corrected chi connectivity index (χ4v) is 1.94. The summed E-state index contributed by atoms with van der Waals surface area (Å²) in [6.45, 7) is 6.98. The maximum Gasteiger partial charge on any atom is 0.161 e. The van der Waals surface area contributed by atoms with E-state index in [1.165, 1.54) is 0 Å². The lowest BCUT2D eigenvalue weighted by atomic mass is 9.90. The smallest absolute Gasteiger partial charge is 0.161 e. The van der Waals surface area contributed by atoms with E-state index in [1.807, 2.05) is 39.0 Å². The lowest BCUT2D eigenvalue weighted by molar-refractivity contribution is 0.259. The van der Waals surface area contributed by atoms with Crippen LogP contribution in [0.1, 0.15) is 39.2 Å². The Balaban J connectivity index is 2.57. The molecule has 0 aliphatic heterocycles. The lowest BCUT2D eigenvalue weighted by Gasteiger charge is -2.16. The van der Waals surface area contributed by atoms with E-state index in [1.54, 1.807) is 0 Å². The Morgan fingerprint density at radius 2 is 2.00 bits per heavy atom. The van der Waals surface area contributed by atoms with Gasteiger partial charge in [-0.1, -0.05) is 6.07 Å². The van der Waals surface area contributed by atoms with Gasteiger partial charge in [0.15, 0.2) is 11.5 Å². The van der Waals surface area contributed by atoms with Crippen molar-refractivity contribution < 1.29 is 9.47 Å². The van der Waals surface area contributed by atoms with Gasteiger partial charge in [-0.3, -0.25) is 0 Å². The Bertz CT molecular complexity index is 466. The predicted molar refractivity (Wildman–Crippen MR) is 81.3 cm³/mol. The highest BCUT2D eigenvalue weighted by atomic mass is 35.5. The molecule has 0 N–H and O–H groups in total. The summed E-state index contributed by atoms with van der Waals surface area (Å²) >= 11 is 5.82. The quantitative estimate of drug-likeness (QED) is 0.522. The molecule has 0 bridgehead atoms. The van der Waals surface area contributed by atoms with Crippen molar-refractivity contribution in [3.05, 3.63) is 23.8 Å². The van der Waals surface area contributed by atoms with E-state index in [9.17, 15) is 0 Å². The molecule has 4 heteroatoms. The van der Waals surface area contributed by atoms with Crippen molar-refractivity contribution in [2.24, 2.45) is 5.41 Å². The van der Waals surface area contributed by atoms with Crippen LogP contribution in [0.4, 0.5) is 0 Å². The van der Waals surface area contributed by atoms with Gasteiger partial charge in [-0.05, 0) is 51.3 Å². The summed E-state index contributed by atoms with van der Waals surface area (Å²) in [7, 11) is 0. The van der Waals surface area contributed by atoms with Crippen LogP contribution in [0.5, 0.6) is 11.5 Å². The lowest BCUT2D eigenvalue weighted by Crippen LogP contribution is -2.10. The molecular formula is C16H22ClNO2. The monoisotopic (exact) mass is 295 g/mol. The van der Waals surface area contributed by atoms with Gasteiger partial charge >= 0.3 is 0 Å². The highest BCUT2D eigenvalue weighted by molar-refractivity contribution is 6.17. The fraction of sp³-hybridized carbons (Fsp3) is 0.562. The molecule has 0 amide bonds. The molecule has 0 atom stereocenters. The number of benzene rings is 1. The van der Waals surface area contributed by atoms with Crippen LogP contribution in [0.2, 0.25) is 0 Å². The summed E-state index contributed by atoms with van der Waals surface area (Å²) in [4.78, 5) is 0. The molecule has 0 unspecified atom stereocenters. The van der Waals surface area contributed by atoms with Crippen molar-refractivity contribution >= 4 is 11.6 Å². The standard InChI is InChI=1S/C16H22ClNO2/c1-4-19-15-10-13(11-17)6-7-14(15)20-9-5-8-16(2,3)12-18/h6-7,10H,4-5,8-9,11H2,1-3H3. The van der Waals surface area contributed by atoms with E-state index in [0.717, 1.165) is 29.9 Å². The highest BCUT2D eigenvalue weighted by Crippen LogP contribution is 2.29. The first kappa shape index (κ1) is 16.7. The zero-order valence-electron chi connectivity index (χ0n) is 12.4. The average molecular weight is 296 g/mol. The second-order valence-corrected chi connectivity index (χ2v) is 5.56. The van der Waals surface area contributed by atoms with Crippen molar-refractivity contribution in [1.82, 2.24) is 0 Å². The second kappa shape index (κ2) is 8.01. The van der Waals surface area contributed by atoms with Gasteiger partial charge in [0.1, 0.15) is 0 Å². The molecule has 20 heavy (non-hydrogen) atoms. The van der Waals surface area contributed by atoms with Crippen LogP contribution in [0.3, 0.4) is 0 Å². The van der Waals surface area contributed by atoms with E-state index in [-0.39, 0.29) is 5.41 Å². The van der Waals surface area contributed by atoms with Gasteiger partial charge in [-0.2, -0.15) is 5.26 Å². The molecule has 0 heterocycles. The fourth-order valence-electron chi connectivity index (χ4n) is 1.78. The number of nitriles is 1. The van der Waals surface area contributed by atoms with Gasteiger partial charge in [0.2, 0.25) is 0 Å². The summed E-state index contributed by atoms with van der Waals surface area (Å²) in [5.41, 5.74) is 0.710. The minimum atomic E-state index is -0.297. The molecule has 0 spiro atoms. The first-order chi connectivity index (χ1) is 9.52. The van der Waals surface area contributed by atoms with Gasteiger partial charge in [0.25, 0.3) is 0 Å². The van der Waals surface area contributed by atoms with Crippen LogP contribution in [-0.2, 0) is 5.88 Å². The molecule has 0 aromatic heterocycles. The Kier molecular flexibility index (Phi) is 6.67. The van der Waals surface area contributed by atoms with Gasteiger partial charge in [-0.15, -0.1) is 11.6 Å². The molecule has 1 aromatic rings. The molecule has 0 saturated carbocycles. The van der Waals surface area contributed by atoms with Gasteiger partial charge in [-0.25, -0.2) is 0 Å². The molecule has 0 radical (unpaired) electrons. The number of alkyl halides is 1. The first-order valence-electron chi connectivity index (χ1n) is 6.88. The van der Waals surface area contributed by atoms with E-state index in [2.05, 4.69) is 6.07 Å². The van der Waals surface area contributed by atoms with Crippen LogP contribution >= 0.6 is 11.6 Å². The topological polar surface area (TPSA) is 42.2 Å². The molecule has 1 aromatic carbocycles. The SMILES string of the molecule is CCOc1cc(CCl)ccc1OCCCC(C)(C)C#N. The van der Waals surface area contributed by atoms with E-state index >= 15 is 0 Å². The third kappa shape index (κ3) is 5.30. The van der Waals surface area contributed by atoms with Crippen molar-refractivity contribution in [2.75, 3.05) is 13.2 Å². The molecule has 1 rings (SSSR count). The van der Waals surface area contributed by atoms with Crippen LogP contribution in [0.15, 0.2) is 18.2 Å². The van der Waals surface area contributed by atoms with Gasteiger partial charge in [0, 0.05) is 5.88 Å². The molecule has 3 nitrogen and oxygen atoms in total. The molecule has 0 aliphatic carbocycles. The van der Waals surface area contributed by atoms with Crippen LogP contribution in [-0.4, -0.2) is 13.2 Å². The molecule has 0 aliphatic rings. The summed E-state index contributed by atoms with van der Waals surface area (Å²) in [6.07, 6.45) is 1.65. The maximum atomic E-state index is 8.96. The summed E-state index contributed by atoms with van der Waals surface area (Å²) in [5, 5.41) is 8.96. The van der Waals surface area contributed by atoms with Crippen molar-refractivity contribution in [3.63, 3.8) is 0 Å². The Morgan fingerprint density at radius 3 is 2.60 bits per heavy atom. The number of ether oxygens (including phenoxy) is 2. The molecular weight excluding hydrogens is 274 g/mol. The largest absolute Gasteiger partial charge is 0.490 e. The molecule has 0 fully saturated rings. The number of rotatable bonds is 8. The molecule has 110 valence electrons. The van der Waals surface area contributed by atoms with Crippen molar-refractivity contribution in [1.29, 1.82) is 5.26 Å². The van der Waals surface area contributed by atoms with Crippen LogP contribution in [0, 0.1) is 16.7 Å². The Labute approximate surface area is 126 Å². The van der Waals surface area contributed by atoms with Gasteiger partial charge < -0.3 is 9.47 Å². The summed E-state index contributed by atoms with van der Waals surface area (Å²) in [5.74, 6) is 1.91. The van der Waals surface area contributed by atoms with Crippen molar-refractivity contribution in [3.8, 4) is 17.6 Å². The zero-order chi connectivity index (χ0) is 15.0. The number of nitrogens with zero attached hydrogens (tertiary/aromatic N) is 1. The van der Waals surface area contributed by atoms with Crippen LogP contribution in [0.25, 0.3) is 0 Å². The summed E-state index contributed by atoms with van der Waals surface area (Å²) in [6, 6.07) is 8.02. The van der Waals surface area contributed by atoms with Gasteiger partial charge in [0.05, 0.1) is 24.7 Å². The summed E-state index contributed by atoms with van der Waals surface area (Å²) < 4.78 is 11.3. The first-order valence-corrected chi connectivity index (χ1v) is 7.41. The predicted octanol–water partition coefficient (Wildman–Crippen LogP) is 4.53. The minimum absolute atomic E-state index is 0.297. The highest BCUT2D eigenvalue weighted by Gasteiger charge is 2.16. The third-order valence-corrected chi connectivity index (χ3v) is 3.28. The number of hydrogen-bond donors (Lipinski definition) is 0. The third-order valence-electron chi connectivity index (χ3n) is 2.97. The number of hydrogen-bond acceptors (Lipinski definition) is 3. The minimum Gasteiger partial charge on any atom is -0.490 e. The maximum absolute atomic E-state index is 8.96. The molecule has 0 saturated heterocycles. The average Bonchev–Trinajstić information content (AvgIpc) is 2.45. The van der Waals surface area contributed by atoms with E-state index < -0.39 is 0 Å². The Hall–Kier alpha value is -1.40. The Morgan fingerprint density at radius 1 is 1.25 bits per heavy atom. The number of halogens is 1. The zero-order valence-corrected chi connectivity index (χ0v) is 13.2.